The van der Waals surface area contributed by atoms with Gasteiger partial charge in [-0.2, -0.15) is 4.31 Å². The van der Waals surface area contributed by atoms with Crippen LogP contribution < -0.4 is 0 Å². The predicted octanol–water partition coefficient (Wildman–Crippen LogP) is 5.50. The molecule has 0 radical (unpaired) electrons. The fourth-order valence-electron chi connectivity index (χ4n) is 6.12. The molecule has 5 rings (SSSR count). The van der Waals surface area contributed by atoms with E-state index in [1.54, 1.807) is 13.0 Å². The molecule has 8 heteroatoms. The summed E-state index contributed by atoms with van der Waals surface area (Å²) < 4.78 is 34.7. The monoisotopic (exact) mass is 547 g/mol. The molecule has 0 saturated carbocycles. The van der Waals surface area contributed by atoms with Crippen molar-refractivity contribution < 1.29 is 17.7 Å². The van der Waals surface area contributed by atoms with E-state index in [0.29, 0.717) is 44.1 Å². The van der Waals surface area contributed by atoms with Crippen molar-refractivity contribution in [2.24, 2.45) is 5.92 Å². The molecule has 39 heavy (non-hydrogen) atoms. The smallest absolute Gasteiger partial charge is 0.248 e. The van der Waals surface area contributed by atoms with E-state index in [2.05, 4.69) is 36.3 Å². The van der Waals surface area contributed by atoms with Gasteiger partial charge in [0.05, 0.1) is 5.92 Å². The second-order valence-electron chi connectivity index (χ2n) is 11.0. The van der Waals surface area contributed by atoms with Gasteiger partial charge < -0.3 is 9.42 Å². The van der Waals surface area contributed by atoms with Gasteiger partial charge in [-0.15, -0.1) is 0 Å². The number of hydrogen-bond donors (Lipinski definition) is 0. The summed E-state index contributed by atoms with van der Waals surface area (Å²) in [6.07, 6.45) is 5.85. The van der Waals surface area contributed by atoms with Gasteiger partial charge in [0, 0.05) is 32.1 Å². The van der Waals surface area contributed by atoms with Gasteiger partial charge in [0.2, 0.25) is 15.9 Å². The maximum atomic E-state index is 13.9. The molecule has 0 N–H and O–H groups in total. The van der Waals surface area contributed by atoms with E-state index in [9.17, 15) is 13.2 Å². The molecule has 3 heterocycles. The van der Waals surface area contributed by atoms with E-state index in [4.69, 9.17) is 4.52 Å². The minimum Gasteiger partial charge on any atom is -0.355 e. The van der Waals surface area contributed by atoms with Crippen molar-refractivity contribution >= 4 is 28.1 Å². The number of likely N-dealkylation sites (tertiary alicyclic amines) is 1. The van der Waals surface area contributed by atoms with Crippen LogP contribution in [0.2, 0.25) is 0 Å². The van der Waals surface area contributed by atoms with Gasteiger partial charge in [-0.1, -0.05) is 59.3 Å². The summed E-state index contributed by atoms with van der Waals surface area (Å²) in [4.78, 5) is 15.5. The van der Waals surface area contributed by atoms with Crippen LogP contribution in [0.3, 0.4) is 0 Å². The third kappa shape index (κ3) is 5.58. The van der Waals surface area contributed by atoms with Crippen molar-refractivity contribution in [1.29, 1.82) is 0 Å². The first-order chi connectivity index (χ1) is 18.6. The Kier molecular flexibility index (Phi) is 7.78. The summed E-state index contributed by atoms with van der Waals surface area (Å²) in [5, 5.41) is 4.00. The molecule has 1 aromatic heterocycles. The molecule has 2 aliphatic heterocycles. The highest BCUT2D eigenvalue weighted by Gasteiger charge is 2.39. The topological polar surface area (TPSA) is 83.7 Å². The first-order valence-corrected chi connectivity index (χ1v) is 15.1. The van der Waals surface area contributed by atoms with E-state index in [0.717, 1.165) is 23.1 Å². The van der Waals surface area contributed by atoms with Crippen LogP contribution in [-0.4, -0.2) is 54.9 Å². The molecule has 0 aliphatic carbocycles. The average molecular weight is 548 g/mol. The molecule has 2 fully saturated rings. The summed E-state index contributed by atoms with van der Waals surface area (Å²) in [5.74, 6) is 0.250. The fourth-order valence-corrected chi connectivity index (χ4v) is 7.89. The van der Waals surface area contributed by atoms with Gasteiger partial charge >= 0.3 is 0 Å². The number of benzene rings is 2. The summed E-state index contributed by atoms with van der Waals surface area (Å²) in [5.41, 5.74) is 6.00. The maximum absolute atomic E-state index is 13.9. The van der Waals surface area contributed by atoms with Crippen molar-refractivity contribution in [2.75, 3.05) is 26.2 Å². The molecule has 1 amide bonds. The highest BCUT2D eigenvalue weighted by atomic mass is 32.2. The number of hydrogen-bond acceptors (Lipinski definition) is 5. The lowest BCUT2D eigenvalue weighted by Gasteiger charge is -2.33. The largest absolute Gasteiger partial charge is 0.355 e. The van der Waals surface area contributed by atoms with Crippen molar-refractivity contribution in [3.63, 3.8) is 0 Å². The van der Waals surface area contributed by atoms with E-state index in [1.807, 2.05) is 43.0 Å². The number of carbonyl (C=O) groups excluding carboxylic acids is 1. The minimum absolute atomic E-state index is 0.0563. The second-order valence-corrected chi connectivity index (χ2v) is 12.9. The number of nitrogens with zero attached hydrogens (tertiary/aromatic N) is 3. The van der Waals surface area contributed by atoms with Gasteiger partial charge in [-0.3, -0.25) is 4.79 Å². The fraction of sp³-hybridized carbons (Fsp3) is 0.419. The van der Waals surface area contributed by atoms with E-state index in [-0.39, 0.29) is 29.0 Å². The van der Waals surface area contributed by atoms with Crippen molar-refractivity contribution in [3.8, 4) is 0 Å². The first-order valence-electron chi connectivity index (χ1n) is 13.7. The molecule has 0 spiro atoms. The van der Waals surface area contributed by atoms with Crippen LogP contribution in [0.5, 0.6) is 0 Å². The van der Waals surface area contributed by atoms with Crippen LogP contribution in [-0.2, 0) is 14.8 Å². The number of piperidine rings is 1. The van der Waals surface area contributed by atoms with Crippen LogP contribution >= 0.6 is 0 Å². The Hall–Kier alpha value is -3.23. The van der Waals surface area contributed by atoms with Crippen molar-refractivity contribution in [2.45, 2.75) is 57.8 Å². The van der Waals surface area contributed by atoms with E-state index in [1.165, 1.54) is 15.4 Å². The third-order valence-corrected chi connectivity index (χ3v) is 10.1. The van der Waals surface area contributed by atoms with Gasteiger partial charge in [0.25, 0.3) is 0 Å². The Morgan fingerprint density at radius 3 is 2.41 bits per heavy atom. The number of amides is 1. The molecule has 2 aliphatic rings. The van der Waals surface area contributed by atoms with Crippen molar-refractivity contribution in [3.05, 3.63) is 81.7 Å². The molecule has 2 unspecified atom stereocenters. The quantitative estimate of drug-likeness (QED) is 0.407. The van der Waals surface area contributed by atoms with Crippen LogP contribution in [0.25, 0.3) is 12.2 Å². The number of rotatable bonds is 6. The normalized spacial score (nSPS) is 20.7. The highest BCUT2D eigenvalue weighted by Crippen LogP contribution is 2.33. The first kappa shape index (κ1) is 27.3. The van der Waals surface area contributed by atoms with Gasteiger partial charge in [0.15, 0.2) is 10.7 Å². The number of carbonyl (C=O) groups is 1. The van der Waals surface area contributed by atoms with Gasteiger partial charge in [-0.05, 0) is 75.3 Å². The zero-order chi connectivity index (χ0) is 27.7. The number of sulfonamides is 1. The Labute approximate surface area is 231 Å². The number of aromatic nitrogens is 1. The van der Waals surface area contributed by atoms with Gasteiger partial charge in [-0.25, -0.2) is 8.42 Å². The Balaban J connectivity index is 1.33. The second kappa shape index (κ2) is 11.1. The lowest BCUT2D eigenvalue weighted by molar-refractivity contribution is -0.135. The minimum atomic E-state index is -3.90. The molecule has 7 nitrogen and oxygen atoms in total. The number of aryl methyl sites for hydroxylation is 4. The van der Waals surface area contributed by atoms with E-state index < -0.39 is 10.0 Å². The highest BCUT2D eigenvalue weighted by molar-refractivity contribution is 7.89. The SMILES string of the molecule is Cc1cc(C)c(C=Cc2onc(C)c2S(=O)(=O)N2CCCC(C(=O)N3CCC(c4ccccc4)C3)C2)c(C)c1. The molecule has 206 valence electrons. The molecule has 3 aromatic rings. The maximum Gasteiger partial charge on any atom is 0.248 e. The molecular formula is C31H37N3O4S. The summed E-state index contributed by atoms with van der Waals surface area (Å²) in [6.45, 7) is 9.73. The zero-order valence-electron chi connectivity index (χ0n) is 23.2. The lowest BCUT2D eigenvalue weighted by Crippen LogP contribution is -2.46. The Bertz CT molecular complexity index is 1470. The predicted molar refractivity (Wildman–Crippen MR) is 153 cm³/mol. The summed E-state index contributed by atoms with van der Waals surface area (Å²) in [7, 11) is -3.90. The van der Waals surface area contributed by atoms with Crippen LogP contribution in [0.15, 0.2) is 51.9 Å². The zero-order valence-corrected chi connectivity index (χ0v) is 24.0. The third-order valence-electron chi connectivity index (χ3n) is 8.07. The van der Waals surface area contributed by atoms with Crippen LogP contribution in [0.1, 0.15) is 64.5 Å². The molecule has 2 saturated heterocycles. The van der Waals surface area contributed by atoms with E-state index >= 15 is 0 Å². The molecule has 2 aromatic carbocycles. The Morgan fingerprint density at radius 1 is 0.974 bits per heavy atom. The van der Waals surface area contributed by atoms with Crippen LogP contribution in [0.4, 0.5) is 0 Å². The standard InChI is InChI=1S/C31H37N3O4S/c1-21-17-22(2)28(23(3)18-21)12-13-29-30(24(4)32-38-29)39(36,37)34-15-8-11-27(20-34)31(35)33-16-14-26(19-33)25-9-6-5-7-10-25/h5-7,9-10,12-13,17-18,26-27H,8,11,14-16,19-20H2,1-4H3. The lowest BCUT2D eigenvalue weighted by atomic mass is 9.97. The molecule has 0 bridgehead atoms. The van der Waals surface area contributed by atoms with Crippen LogP contribution in [0, 0.1) is 33.6 Å². The van der Waals surface area contributed by atoms with Gasteiger partial charge in [0.1, 0.15) is 5.69 Å². The Morgan fingerprint density at radius 2 is 1.69 bits per heavy atom. The summed E-state index contributed by atoms with van der Waals surface area (Å²) in [6, 6.07) is 14.5. The molecular weight excluding hydrogens is 510 g/mol. The average Bonchev–Trinajstić information content (AvgIpc) is 3.56. The molecule has 2 atom stereocenters. The summed E-state index contributed by atoms with van der Waals surface area (Å²) >= 11 is 0. The van der Waals surface area contributed by atoms with Crippen molar-refractivity contribution in [1.82, 2.24) is 14.4 Å².